The average molecular weight is 317 g/mol. The summed E-state index contributed by atoms with van der Waals surface area (Å²) in [5.41, 5.74) is 1.32. The zero-order valence-electron chi connectivity index (χ0n) is 13.3. The largest absolute Gasteiger partial charge is 0.478 e. The number of carbonyl (C=O) groups is 1. The Morgan fingerprint density at radius 1 is 1.43 bits per heavy atom. The molecule has 0 radical (unpaired) electrons. The quantitative estimate of drug-likeness (QED) is 0.419. The summed E-state index contributed by atoms with van der Waals surface area (Å²) in [7, 11) is 0. The molecule has 0 aliphatic rings. The lowest BCUT2D eigenvalue weighted by molar-refractivity contribution is 0.0697. The summed E-state index contributed by atoms with van der Waals surface area (Å²) < 4.78 is 13.5. The number of aromatic carboxylic acids is 1. The minimum absolute atomic E-state index is 0.136. The zero-order chi connectivity index (χ0) is 17.2. The van der Waals surface area contributed by atoms with E-state index < -0.39 is 5.97 Å². The van der Waals surface area contributed by atoms with Gasteiger partial charge in [-0.15, -0.1) is 0 Å². The van der Waals surface area contributed by atoms with Crippen molar-refractivity contribution in [2.75, 3.05) is 0 Å². The van der Waals surface area contributed by atoms with E-state index >= 15 is 0 Å². The Kier molecular flexibility index (Phi) is 7.47. The molecule has 1 rings (SSSR count). The molecular weight excluding hydrogens is 297 g/mol. The van der Waals surface area contributed by atoms with Gasteiger partial charge in [0.2, 0.25) is 0 Å². The molecule has 0 aliphatic heterocycles. The van der Waals surface area contributed by atoms with E-state index in [1.54, 1.807) is 25.1 Å². The Labute approximate surface area is 135 Å². The zero-order valence-corrected chi connectivity index (χ0v) is 13.3. The highest BCUT2D eigenvalue weighted by molar-refractivity contribution is 5.88. The number of hydrogen-bond acceptors (Lipinski definition) is 3. The van der Waals surface area contributed by atoms with E-state index in [-0.39, 0.29) is 23.6 Å². The Morgan fingerprint density at radius 2 is 2.13 bits per heavy atom. The smallest absolute Gasteiger partial charge is 0.335 e. The summed E-state index contributed by atoms with van der Waals surface area (Å²) in [6, 6.07) is 6.19. The van der Waals surface area contributed by atoms with Crippen LogP contribution >= 0.6 is 0 Å². The van der Waals surface area contributed by atoms with Gasteiger partial charge in [0.15, 0.2) is 5.76 Å². The summed E-state index contributed by atoms with van der Waals surface area (Å²) in [6.45, 7) is 7.35. The van der Waals surface area contributed by atoms with Crippen molar-refractivity contribution in [2.24, 2.45) is 5.16 Å². The molecule has 0 spiro atoms. The van der Waals surface area contributed by atoms with Crippen molar-refractivity contribution in [1.29, 1.82) is 0 Å². The third kappa shape index (κ3) is 6.30. The van der Waals surface area contributed by atoms with Crippen LogP contribution in [-0.2, 0) is 4.84 Å². The third-order valence-electron chi connectivity index (χ3n) is 2.98. The fraction of sp³-hybridized carbons (Fsp3) is 0.222. The lowest BCUT2D eigenvalue weighted by Crippen LogP contribution is -1.97. The lowest BCUT2D eigenvalue weighted by Gasteiger charge is -2.04. The van der Waals surface area contributed by atoms with Crippen LogP contribution in [-0.4, -0.2) is 17.3 Å². The molecule has 23 heavy (non-hydrogen) atoms. The van der Waals surface area contributed by atoms with Crippen LogP contribution in [0.3, 0.4) is 0 Å². The molecule has 0 fully saturated rings. The topological polar surface area (TPSA) is 58.9 Å². The molecule has 0 saturated carbocycles. The number of nitrogens with zero attached hydrogens (tertiary/aromatic N) is 1. The normalized spacial score (nSPS) is 12.5. The number of hydrogen-bond donors (Lipinski definition) is 1. The molecule has 1 aromatic rings. The van der Waals surface area contributed by atoms with Gasteiger partial charge in [-0.05, 0) is 31.1 Å². The summed E-state index contributed by atoms with van der Waals surface area (Å²) in [6.07, 6.45) is 5.44. The van der Waals surface area contributed by atoms with E-state index in [0.717, 1.165) is 0 Å². The van der Waals surface area contributed by atoms with Crippen LogP contribution in [0.15, 0.2) is 59.6 Å². The maximum atomic E-state index is 13.5. The molecule has 5 heteroatoms. The molecular formula is C18H20FNO3. The van der Waals surface area contributed by atoms with Crippen molar-refractivity contribution < 1.29 is 19.1 Å². The van der Waals surface area contributed by atoms with E-state index in [1.807, 2.05) is 6.92 Å². The molecule has 1 N–H and O–H groups in total. The van der Waals surface area contributed by atoms with Crippen LogP contribution in [0.2, 0.25) is 0 Å². The summed E-state index contributed by atoms with van der Waals surface area (Å²) in [5.74, 6) is -1.04. The third-order valence-corrected chi connectivity index (χ3v) is 2.98. The van der Waals surface area contributed by atoms with Gasteiger partial charge in [-0.1, -0.05) is 42.9 Å². The first-order valence-electron chi connectivity index (χ1n) is 7.20. The first kappa shape index (κ1) is 18.4. The van der Waals surface area contributed by atoms with Gasteiger partial charge in [-0.3, -0.25) is 0 Å². The van der Waals surface area contributed by atoms with Crippen LogP contribution in [0.5, 0.6) is 0 Å². The van der Waals surface area contributed by atoms with E-state index in [1.165, 1.54) is 24.4 Å². The van der Waals surface area contributed by atoms with Crippen molar-refractivity contribution >= 4 is 17.9 Å². The maximum Gasteiger partial charge on any atom is 0.335 e. The van der Waals surface area contributed by atoms with Gasteiger partial charge in [0.05, 0.1) is 11.8 Å². The first-order valence-corrected chi connectivity index (χ1v) is 7.20. The molecule has 4 nitrogen and oxygen atoms in total. The van der Waals surface area contributed by atoms with E-state index in [0.29, 0.717) is 17.6 Å². The fourth-order valence-electron chi connectivity index (χ4n) is 1.75. The second-order valence-corrected chi connectivity index (χ2v) is 4.73. The van der Waals surface area contributed by atoms with Crippen LogP contribution in [0.25, 0.3) is 5.76 Å². The van der Waals surface area contributed by atoms with Crippen LogP contribution in [0.4, 0.5) is 4.39 Å². The number of allylic oxidation sites excluding steroid dienone is 4. The minimum Gasteiger partial charge on any atom is -0.478 e. The number of carboxylic acid groups (broad SMARTS) is 1. The second-order valence-electron chi connectivity index (χ2n) is 4.73. The molecule has 0 heterocycles. The van der Waals surface area contributed by atoms with Crippen LogP contribution in [0, 0.1) is 0 Å². The second kappa shape index (κ2) is 9.35. The fourth-order valence-corrected chi connectivity index (χ4v) is 1.75. The summed E-state index contributed by atoms with van der Waals surface area (Å²) in [5, 5.41) is 12.7. The lowest BCUT2D eigenvalue weighted by atomic mass is 10.1. The number of carboxylic acids is 1. The van der Waals surface area contributed by atoms with Gasteiger partial charge in [0.25, 0.3) is 0 Å². The van der Waals surface area contributed by atoms with Gasteiger partial charge in [-0.25, -0.2) is 9.18 Å². The predicted molar refractivity (Wildman–Crippen MR) is 89.9 cm³/mol. The van der Waals surface area contributed by atoms with Gasteiger partial charge < -0.3 is 9.94 Å². The monoisotopic (exact) mass is 317 g/mol. The number of halogens is 1. The Bertz CT molecular complexity index is 660. The minimum atomic E-state index is -1.03. The SMILES string of the molecule is C=C(O/N=C/C(=C/C)C/C(F)=C\CC)c1cccc(C(=O)O)c1. The molecule has 0 unspecified atom stereocenters. The highest BCUT2D eigenvalue weighted by Gasteiger charge is 2.06. The van der Waals surface area contributed by atoms with Gasteiger partial charge in [0, 0.05) is 12.0 Å². The van der Waals surface area contributed by atoms with Crippen molar-refractivity contribution in [3.8, 4) is 0 Å². The van der Waals surface area contributed by atoms with E-state index in [2.05, 4.69) is 11.7 Å². The molecule has 122 valence electrons. The van der Waals surface area contributed by atoms with Crippen molar-refractivity contribution in [3.63, 3.8) is 0 Å². The Hall–Kier alpha value is -2.69. The predicted octanol–water partition coefficient (Wildman–Crippen LogP) is 4.96. The van der Waals surface area contributed by atoms with Crippen molar-refractivity contribution in [3.05, 3.63) is 65.5 Å². The molecule has 0 amide bonds. The summed E-state index contributed by atoms with van der Waals surface area (Å²) in [4.78, 5) is 16.1. The summed E-state index contributed by atoms with van der Waals surface area (Å²) >= 11 is 0. The Morgan fingerprint density at radius 3 is 2.74 bits per heavy atom. The molecule has 0 atom stereocenters. The average Bonchev–Trinajstić information content (AvgIpc) is 2.54. The van der Waals surface area contributed by atoms with Gasteiger partial charge in [0.1, 0.15) is 5.83 Å². The highest BCUT2D eigenvalue weighted by Crippen LogP contribution is 2.17. The van der Waals surface area contributed by atoms with Gasteiger partial charge in [-0.2, -0.15) is 0 Å². The molecule has 1 aromatic carbocycles. The van der Waals surface area contributed by atoms with E-state index in [9.17, 15) is 9.18 Å². The Balaban J connectivity index is 2.69. The van der Waals surface area contributed by atoms with Crippen LogP contribution < -0.4 is 0 Å². The van der Waals surface area contributed by atoms with E-state index in [4.69, 9.17) is 9.94 Å². The molecule has 0 aromatic heterocycles. The van der Waals surface area contributed by atoms with Crippen molar-refractivity contribution in [2.45, 2.75) is 26.7 Å². The first-order chi connectivity index (χ1) is 11.0. The van der Waals surface area contributed by atoms with Gasteiger partial charge >= 0.3 is 5.97 Å². The molecule has 0 saturated heterocycles. The molecule has 0 bridgehead atoms. The number of benzene rings is 1. The van der Waals surface area contributed by atoms with Crippen LogP contribution in [0.1, 0.15) is 42.6 Å². The maximum absolute atomic E-state index is 13.5. The number of oxime groups is 1. The standard InChI is InChI=1S/C18H20FNO3/c1-4-7-17(19)10-14(5-2)12-20-23-13(3)15-8-6-9-16(11-15)18(21)22/h5-9,11-12H,3-4,10H2,1-2H3,(H,21,22)/b14-5+,17-7+,20-12+. The number of rotatable bonds is 8. The molecule has 0 aliphatic carbocycles. The highest BCUT2D eigenvalue weighted by atomic mass is 19.1. The van der Waals surface area contributed by atoms with Crippen molar-refractivity contribution in [1.82, 2.24) is 0 Å².